The first kappa shape index (κ1) is 15.3. The molecule has 1 aliphatic rings. The lowest BCUT2D eigenvalue weighted by Crippen LogP contribution is -2.38. The van der Waals surface area contributed by atoms with E-state index in [2.05, 4.69) is 22.5 Å². The van der Waals surface area contributed by atoms with Crippen molar-refractivity contribution >= 4 is 11.7 Å². The zero-order valence-electron chi connectivity index (χ0n) is 11.5. The zero-order valence-corrected chi connectivity index (χ0v) is 11.5. The second-order valence-corrected chi connectivity index (χ2v) is 4.63. The molecule has 0 aromatic heterocycles. The molecule has 112 valence electrons. The fourth-order valence-corrected chi connectivity index (χ4v) is 1.91. The van der Waals surface area contributed by atoms with Crippen LogP contribution in [0.3, 0.4) is 0 Å². The predicted molar refractivity (Wildman–Crippen MR) is 76.4 cm³/mol. The van der Waals surface area contributed by atoms with Gasteiger partial charge in [-0.2, -0.15) is 0 Å². The maximum absolute atomic E-state index is 13.8. The Bertz CT molecular complexity index is 560. The van der Waals surface area contributed by atoms with Gasteiger partial charge in [0, 0.05) is 18.7 Å². The molecular formula is C15H17FN2O3. The quantitative estimate of drug-likeness (QED) is 0.739. The van der Waals surface area contributed by atoms with E-state index in [1.54, 1.807) is 6.07 Å². The van der Waals surface area contributed by atoms with Gasteiger partial charge in [-0.1, -0.05) is 11.8 Å². The molecule has 1 fully saturated rings. The highest BCUT2D eigenvalue weighted by atomic mass is 19.1. The molecule has 1 aromatic carbocycles. The summed E-state index contributed by atoms with van der Waals surface area (Å²) in [6.07, 6.45) is 1.08. The largest absolute Gasteiger partial charge is 0.395 e. The Labute approximate surface area is 122 Å². The number of aliphatic hydroxyl groups excluding tert-OH is 1. The Morgan fingerprint density at radius 1 is 1.52 bits per heavy atom. The van der Waals surface area contributed by atoms with Crippen LogP contribution in [-0.4, -0.2) is 37.0 Å². The maximum atomic E-state index is 13.8. The van der Waals surface area contributed by atoms with Crippen LogP contribution in [0.5, 0.6) is 0 Å². The minimum absolute atomic E-state index is 0.00142. The van der Waals surface area contributed by atoms with Crippen LogP contribution in [0.2, 0.25) is 0 Å². The predicted octanol–water partition coefficient (Wildman–Crippen LogP) is 1.47. The van der Waals surface area contributed by atoms with Crippen molar-refractivity contribution in [3.05, 3.63) is 29.6 Å². The van der Waals surface area contributed by atoms with E-state index in [0.29, 0.717) is 25.3 Å². The number of nitrogens with one attached hydrogen (secondary N) is 2. The number of hydrogen-bond donors (Lipinski definition) is 3. The standard InChI is InChI=1S/C15H17FN2O3/c16-14-9-12(5-4-11(14)3-1-2-7-19)17-15(20)18-13-6-8-21-10-13/h4-5,9,13,19H,2,6-8,10H2,(H2,17,18,20). The van der Waals surface area contributed by atoms with E-state index < -0.39 is 5.82 Å². The molecule has 3 N–H and O–H groups in total. The third-order valence-electron chi connectivity index (χ3n) is 2.95. The molecule has 6 heteroatoms. The van der Waals surface area contributed by atoms with Crippen LogP contribution < -0.4 is 10.6 Å². The number of hydrogen-bond acceptors (Lipinski definition) is 3. The Balaban J connectivity index is 1.93. The molecule has 21 heavy (non-hydrogen) atoms. The Morgan fingerprint density at radius 2 is 2.38 bits per heavy atom. The van der Waals surface area contributed by atoms with Gasteiger partial charge in [-0.05, 0) is 24.6 Å². The first-order chi connectivity index (χ1) is 10.2. The number of carbonyl (C=O) groups is 1. The lowest BCUT2D eigenvalue weighted by atomic mass is 10.2. The number of benzene rings is 1. The average Bonchev–Trinajstić information content (AvgIpc) is 2.94. The van der Waals surface area contributed by atoms with E-state index in [4.69, 9.17) is 9.84 Å². The maximum Gasteiger partial charge on any atom is 0.319 e. The summed E-state index contributed by atoms with van der Waals surface area (Å²) in [5, 5.41) is 13.9. The van der Waals surface area contributed by atoms with Crippen LogP contribution in [0.15, 0.2) is 18.2 Å². The van der Waals surface area contributed by atoms with E-state index >= 15 is 0 Å². The van der Waals surface area contributed by atoms with Crippen LogP contribution in [-0.2, 0) is 4.74 Å². The highest BCUT2D eigenvalue weighted by Gasteiger charge is 2.17. The van der Waals surface area contributed by atoms with Gasteiger partial charge in [0.1, 0.15) is 5.82 Å². The van der Waals surface area contributed by atoms with Gasteiger partial charge in [0.2, 0.25) is 0 Å². The zero-order chi connectivity index (χ0) is 15.1. The molecule has 0 radical (unpaired) electrons. The van der Waals surface area contributed by atoms with Crippen molar-refractivity contribution < 1.29 is 19.0 Å². The molecule has 1 aromatic rings. The van der Waals surface area contributed by atoms with Crippen LogP contribution in [0.25, 0.3) is 0 Å². The summed E-state index contributed by atoms with van der Waals surface area (Å²) in [5.41, 5.74) is 0.593. The summed E-state index contributed by atoms with van der Waals surface area (Å²) < 4.78 is 18.9. The van der Waals surface area contributed by atoms with Gasteiger partial charge in [0.05, 0.1) is 24.8 Å². The first-order valence-corrected chi connectivity index (χ1v) is 6.73. The highest BCUT2D eigenvalue weighted by molar-refractivity contribution is 5.89. The van der Waals surface area contributed by atoms with Gasteiger partial charge in [-0.3, -0.25) is 0 Å². The molecule has 2 amide bonds. The van der Waals surface area contributed by atoms with Gasteiger partial charge in [-0.25, -0.2) is 9.18 Å². The van der Waals surface area contributed by atoms with Gasteiger partial charge in [0.15, 0.2) is 0 Å². The van der Waals surface area contributed by atoms with Crippen molar-refractivity contribution in [2.24, 2.45) is 0 Å². The van der Waals surface area contributed by atoms with Gasteiger partial charge in [-0.15, -0.1) is 0 Å². The molecule has 2 rings (SSSR count). The second-order valence-electron chi connectivity index (χ2n) is 4.63. The van der Waals surface area contributed by atoms with E-state index in [1.165, 1.54) is 12.1 Å². The Morgan fingerprint density at radius 3 is 3.05 bits per heavy atom. The fourth-order valence-electron chi connectivity index (χ4n) is 1.91. The molecule has 1 aliphatic heterocycles. The van der Waals surface area contributed by atoms with Crippen molar-refractivity contribution in [1.29, 1.82) is 0 Å². The second kappa shape index (κ2) is 7.62. The Kier molecular flexibility index (Phi) is 5.55. The summed E-state index contributed by atoms with van der Waals surface area (Å²) >= 11 is 0. The van der Waals surface area contributed by atoms with E-state index in [0.717, 1.165) is 6.42 Å². The third kappa shape index (κ3) is 4.74. The topological polar surface area (TPSA) is 70.6 Å². The molecule has 5 nitrogen and oxygen atoms in total. The molecule has 0 bridgehead atoms. The van der Waals surface area contributed by atoms with Gasteiger partial charge in [0.25, 0.3) is 0 Å². The number of halogens is 1. The molecule has 0 spiro atoms. The average molecular weight is 292 g/mol. The van der Waals surface area contributed by atoms with E-state index in [-0.39, 0.29) is 24.2 Å². The van der Waals surface area contributed by atoms with Crippen LogP contribution in [0.1, 0.15) is 18.4 Å². The molecule has 1 atom stereocenters. The van der Waals surface area contributed by atoms with Crippen LogP contribution >= 0.6 is 0 Å². The fraction of sp³-hybridized carbons (Fsp3) is 0.400. The molecule has 0 aliphatic carbocycles. The summed E-state index contributed by atoms with van der Waals surface area (Å²) in [6, 6.07) is 3.90. The van der Waals surface area contributed by atoms with Crippen LogP contribution in [0, 0.1) is 17.7 Å². The molecular weight excluding hydrogens is 275 g/mol. The number of carbonyl (C=O) groups excluding carboxylic acids is 1. The highest BCUT2D eigenvalue weighted by Crippen LogP contribution is 2.14. The Hall–Kier alpha value is -2.10. The lowest BCUT2D eigenvalue weighted by molar-refractivity contribution is 0.189. The normalized spacial score (nSPS) is 17.0. The summed E-state index contributed by atoms with van der Waals surface area (Å²) in [5.74, 6) is 4.76. The van der Waals surface area contributed by atoms with Crippen molar-refractivity contribution in [2.45, 2.75) is 18.9 Å². The van der Waals surface area contributed by atoms with E-state index in [9.17, 15) is 9.18 Å². The van der Waals surface area contributed by atoms with Gasteiger partial charge >= 0.3 is 6.03 Å². The summed E-state index contributed by atoms with van der Waals surface area (Å²) in [7, 11) is 0. The van der Waals surface area contributed by atoms with E-state index in [1.807, 2.05) is 0 Å². The lowest BCUT2D eigenvalue weighted by Gasteiger charge is -2.12. The minimum Gasteiger partial charge on any atom is -0.395 e. The number of amides is 2. The smallest absolute Gasteiger partial charge is 0.319 e. The number of aliphatic hydroxyl groups is 1. The van der Waals surface area contributed by atoms with Crippen molar-refractivity contribution in [1.82, 2.24) is 5.32 Å². The number of ether oxygens (including phenoxy) is 1. The van der Waals surface area contributed by atoms with Gasteiger partial charge < -0.3 is 20.5 Å². The number of rotatable bonds is 3. The monoisotopic (exact) mass is 292 g/mol. The van der Waals surface area contributed by atoms with Crippen LogP contribution in [0.4, 0.5) is 14.9 Å². The molecule has 0 saturated carbocycles. The molecule has 1 heterocycles. The van der Waals surface area contributed by atoms with Crippen molar-refractivity contribution in [3.8, 4) is 11.8 Å². The third-order valence-corrected chi connectivity index (χ3v) is 2.95. The molecule has 1 saturated heterocycles. The number of urea groups is 1. The molecule has 1 unspecified atom stereocenters. The number of anilines is 1. The summed E-state index contributed by atoms with van der Waals surface area (Å²) in [6.45, 7) is 1.08. The van der Waals surface area contributed by atoms with Crippen molar-refractivity contribution in [3.63, 3.8) is 0 Å². The van der Waals surface area contributed by atoms with Crippen molar-refractivity contribution in [2.75, 3.05) is 25.1 Å². The summed E-state index contributed by atoms with van der Waals surface area (Å²) in [4.78, 5) is 11.7. The first-order valence-electron chi connectivity index (χ1n) is 6.73. The minimum atomic E-state index is -0.512. The SMILES string of the molecule is O=C(Nc1ccc(C#CCCO)c(F)c1)NC1CCOC1.